The lowest BCUT2D eigenvalue weighted by atomic mass is 10.1. The third-order valence-corrected chi connectivity index (χ3v) is 4.57. The highest BCUT2D eigenvalue weighted by Crippen LogP contribution is 2.30. The number of amides is 2. The van der Waals surface area contributed by atoms with Gasteiger partial charge in [-0.05, 0) is 49.6 Å². The van der Waals surface area contributed by atoms with E-state index in [1.165, 1.54) is 0 Å². The molecule has 1 fully saturated rings. The normalized spacial score (nSPS) is 14.4. The van der Waals surface area contributed by atoms with Crippen molar-refractivity contribution < 1.29 is 14.3 Å². The summed E-state index contributed by atoms with van der Waals surface area (Å²) < 4.78 is 5.62. The van der Waals surface area contributed by atoms with Gasteiger partial charge in [-0.15, -0.1) is 0 Å². The lowest BCUT2D eigenvalue weighted by Crippen LogP contribution is -2.33. The Labute approximate surface area is 153 Å². The van der Waals surface area contributed by atoms with E-state index in [-0.39, 0.29) is 30.4 Å². The smallest absolute Gasteiger partial charge is 0.260 e. The second kappa shape index (κ2) is 7.99. The van der Waals surface area contributed by atoms with Gasteiger partial charge in [-0.25, -0.2) is 0 Å². The number of anilines is 1. The highest BCUT2D eigenvalue weighted by molar-refractivity contribution is 5.94. The predicted octanol–water partition coefficient (Wildman–Crippen LogP) is 3.03. The van der Waals surface area contributed by atoms with Crippen LogP contribution in [-0.2, 0) is 9.59 Å². The molecular formula is C20H23N3O3. The quantitative estimate of drug-likeness (QED) is 0.830. The molecule has 1 aromatic carbocycles. The van der Waals surface area contributed by atoms with Crippen molar-refractivity contribution in [2.24, 2.45) is 5.92 Å². The molecule has 1 aliphatic carbocycles. The fraction of sp³-hybridized carbons (Fsp3) is 0.350. The first-order valence-corrected chi connectivity index (χ1v) is 8.74. The number of nitrogens with one attached hydrogen (secondary N) is 1. The molecule has 6 heteroatoms. The minimum absolute atomic E-state index is 0.0455. The van der Waals surface area contributed by atoms with Crippen LogP contribution in [0.4, 0.5) is 5.69 Å². The van der Waals surface area contributed by atoms with E-state index in [1.807, 2.05) is 25.1 Å². The van der Waals surface area contributed by atoms with Crippen LogP contribution >= 0.6 is 0 Å². The Bertz CT molecular complexity index is 775. The topological polar surface area (TPSA) is 71.5 Å². The molecule has 0 saturated heterocycles. The summed E-state index contributed by atoms with van der Waals surface area (Å²) in [7, 11) is 1.75. The summed E-state index contributed by atoms with van der Waals surface area (Å²) in [5, 5.41) is 2.87. The lowest BCUT2D eigenvalue weighted by molar-refractivity contribution is -0.134. The lowest BCUT2D eigenvalue weighted by Gasteiger charge is -2.25. The summed E-state index contributed by atoms with van der Waals surface area (Å²) in [6, 6.07) is 10.8. The Morgan fingerprint density at radius 3 is 2.69 bits per heavy atom. The average Bonchev–Trinajstić information content (AvgIpc) is 3.51. The van der Waals surface area contributed by atoms with Crippen LogP contribution in [0, 0.1) is 5.92 Å². The third kappa shape index (κ3) is 4.59. The molecule has 26 heavy (non-hydrogen) atoms. The van der Waals surface area contributed by atoms with Gasteiger partial charge in [0, 0.05) is 37.1 Å². The van der Waals surface area contributed by atoms with Crippen molar-refractivity contribution in [2.75, 3.05) is 19.0 Å². The third-order valence-electron chi connectivity index (χ3n) is 4.57. The molecule has 136 valence electrons. The first kappa shape index (κ1) is 17.9. The highest BCUT2D eigenvalue weighted by atomic mass is 16.5. The Kier molecular flexibility index (Phi) is 5.51. The van der Waals surface area contributed by atoms with Gasteiger partial charge in [0.15, 0.2) is 6.61 Å². The van der Waals surface area contributed by atoms with E-state index in [9.17, 15) is 9.59 Å². The monoisotopic (exact) mass is 353 g/mol. The standard InChI is InChI=1S/C20H23N3O3/c1-14(15-8-10-21-11-9-15)23(2)19(24)13-26-18-5-3-4-17(12-18)22-20(25)16-6-7-16/h3-5,8-12,14,16H,6-7,13H2,1-2H3,(H,22,25). The van der Waals surface area contributed by atoms with Crippen LogP contribution in [0.2, 0.25) is 0 Å². The molecule has 1 aromatic heterocycles. The van der Waals surface area contributed by atoms with Crippen LogP contribution in [0.25, 0.3) is 0 Å². The van der Waals surface area contributed by atoms with Gasteiger partial charge in [0.2, 0.25) is 5.91 Å². The van der Waals surface area contributed by atoms with Gasteiger partial charge >= 0.3 is 0 Å². The number of rotatable bonds is 7. The molecule has 1 saturated carbocycles. The number of carbonyl (C=O) groups is 2. The number of ether oxygens (including phenoxy) is 1. The molecule has 0 aliphatic heterocycles. The van der Waals surface area contributed by atoms with Gasteiger partial charge in [-0.3, -0.25) is 14.6 Å². The Hall–Kier alpha value is -2.89. The molecule has 1 N–H and O–H groups in total. The summed E-state index contributed by atoms with van der Waals surface area (Å²) in [5.74, 6) is 0.618. The van der Waals surface area contributed by atoms with E-state index in [1.54, 1.807) is 42.5 Å². The second-order valence-corrected chi connectivity index (χ2v) is 6.54. The van der Waals surface area contributed by atoms with Gasteiger partial charge < -0.3 is 15.0 Å². The molecule has 2 aromatic rings. The van der Waals surface area contributed by atoms with Crippen LogP contribution < -0.4 is 10.1 Å². The Balaban J connectivity index is 1.54. The van der Waals surface area contributed by atoms with Crippen molar-refractivity contribution in [2.45, 2.75) is 25.8 Å². The SMILES string of the molecule is CC(c1ccncc1)N(C)C(=O)COc1cccc(NC(=O)C2CC2)c1. The van der Waals surface area contributed by atoms with Crippen molar-refractivity contribution in [3.8, 4) is 5.75 Å². The van der Waals surface area contributed by atoms with E-state index in [0.29, 0.717) is 11.4 Å². The maximum atomic E-state index is 12.4. The minimum atomic E-state index is -0.123. The average molecular weight is 353 g/mol. The molecular weight excluding hydrogens is 330 g/mol. The van der Waals surface area contributed by atoms with Crippen LogP contribution in [0.15, 0.2) is 48.8 Å². The minimum Gasteiger partial charge on any atom is -0.484 e. The number of aromatic nitrogens is 1. The molecule has 1 atom stereocenters. The molecule has 0 bridgehead atoms. The largest absolute Gasteiger partial charge is 0.484 e. The van der Waals surface area contributed by atoms with Crippen molar-refractivity contribution in [3.05, 3.63) is 54.4 Å². The molecule has 1 aliphatic rings. The number of hydrogen-bond acceptors (Lipinski definition) is 4. The van der Waals surface area contributed by atoms with E-state index in [0.717, 1.165) is 18.4 Å². The van der Waals surface area contributed by atoms with Crippen LogP contribution in [0.5, 0.6) is 5.75 Å². The van der Waals surface area contributed by atoms with Gasteiger partial charge in [0.05, 0.1) is 6.04 Å². The van der Waals surface area contributed by atoms with Crippen LogP contribution in [0.1, 0.15) is 31.4 Å². The number of benzene rings is 1. The number of hydrogen-bond donors (Lipinski definition) is 1. The van der Waals surface area contributed by atoms with Gasteiger partial charge in [-0.1, -0.05) is 6.07 Å². The van der Waals surface area contributed by atoms with Gasteiger partial charge in [0.25, 0.3) is 5.91 Å². The molecule has 0 spiro atoms. The zero-order valence-corrected chi connectivity index (χ0v) is 15.0. The van der Waals surface area contributed by atoms with E-state index in [4.69, 9.17) is 4.74 Å². The molecule has 1 unspecified atom stereocenters. The number of likely N-dealkylation sites (N-methyl/N-ethyl adjacent to an activating group) is 1. The van der Waals surface area contributed by atoms with Crippen molar-refractivity contribution in [1.29, 1.82) is 0 Å². The van der Waals surface area contributed by atoms with Crippen molar-refractivity contribution in [1.82, 2.24) is 9.88 Å². The molecule has 3 rings (SSSR count). The molecule has 2 amide bonds. The summed E-state index contributed by atoms with van der Waals surface area (Å²) >= 11 is 0. The van der Waals surface area contributed by atoms with Crippen molar-refractivity contribution in [3.63, 3.8) is 0 Å². The summed E-state index contributed by atoms with van der Waals surface area (Å²) in [6.45, 7) is 1.90. The van der Waals surface area contributed by atoms with Crippen molar-refractivity contribution >= 4 is 17.5 Å². The maximum Gasteiger partial charge on any atom is 0.260 e. The fourth-order valence-electron chi connectivity index (χ4n) is 2.58. The van der Waals surface area contributed by atoms with E-state index < -0.39 is 0 Å². The fourth-order valence-corrected chi connectivity index (χ4v) is 2.58. The maximum absolute atomic E-state index is 12.4. The first-order valence-electron chi connectivity index (χ1n) is 8.74. The van der Waals surface area contributed by atoms with E-state index >= 15 is 0 Å². The number of nitrogens with zero attached hydrogens (tertiary/aromatic N) is 2. The number of carbonyl (C=O) groups excluding carboxylic acids is 2. The van der Waals surface area contributed by atoms with Crippen LogP contribution in [0.3, 0.4) is 0 Å². The van der Waals surface area contributed by atoms with Gasteiger partial charge in [0.1, 0.15) is 5.75 Å². The Morgan fingerprint density at radius 1 is 1.27 bits per heavy atom. The van der Waals surface area contributed by atoms with E-state index in [2.05, 4.69) is 10.3 Å². The van der Waals surface area contributed by atoms with Gasteiger partial charge in [-0.2, -0.15) is 0 Å². The summed E-state index contributed by atoms with van der Waals surface area (Å²) in [4.78, 5) is 29.9. The number of pyridine rings is 1. The zero-order chi connectivity index (χ0) is 18.5. The predicted molar refractivity (Wildman–Crippen MR) is 98.7 cm³/mol. The molecule has 1 heterocycles. The van der Waals surface area contributed by atoms with Crippen LogP contribution in [-0.4, -0.2) is 35.4 Å². The second-order valence-electron chi connectivity index (χ2n) is 6.54. The zero-order valence-electron chi connectivity index (χ0n) is 15.0. The summed E-state index contributed by atoms with van der Waals surface area (Å²) in [5.41, 5.74) is 1.70. The first-order chi connectivity index (χ1) is 12.5. The summed E-state index contributed by atoms with van der Waals surface area (Å²) in [6.07, 6.45) is 5.33. The molecule has 6 nitrogen and oxygen atoms in total. The highest BCUT2D eigenvalue weighted by Gasteiger charge is 2.29. The Morgan fingerprint density at radius 2 is 2.00 bits per heavy atom. The molecule has 0 radical (unpaired) electrons.